The first-order valence-electron chi connectivity index (χ1n) is 25.4. The molecule has 0 atom stereocenters. The number of quaternary nitrogens is 2. The Bertz CT molecular complexity index is 692. The maximum Gasteiger partial charge on any atom is 0.0782 e. The van der Waals surface area contributed by atoms with Crippen LogP contribution in [0, 0.1) is 0 Å². The summed E-state index contributed by atoms with van der Waals surface area (Å²) in [6.07, 6.45) is 47.6. The lowest BCUT2D eigenvalue weighted by atomic mass is 10.1. The third-order valence-electron chi connectivity index (χ3n) is 11.7. The zero-order valence-electron chi connectivity index (χ0n) is 40.5. The molecule has 0 aliphatic carbocycles. The van der Waals surface area contributed by atoms with Gasteiger partial charge in [-0.2, -0.15) is 0 Å². The Balaban J connectivity index is -0.000000816. The van der Waals surface area contributed by atoms with Crippen molar-refractivity contribution in [3.8, 4) is 0 Å². The van der Waals surface area contributed by atoms with E-state index >= 15 is 0 Å². The van der Waals surface area contributed by atoms with Gasteiger partial charge in [0, 0.05) is 11.9 Å². The number of nitrogens with zero attached hydrogens (tertiary/aromatic N) is 2. The van der Waals surface area contributed by atoms with Gasteiger partial charge in [-0.15, -0.1) is 0 Å². The molecule has 0 unspecified atom stereocenters. The van der Waals surface area contributed by atoms with Gasteiger partial charge in [0.05, 0.1) is 54.4 Å². The van der Waals surface area contributed by atoms with Crippen LogP contribution in [0.15, 0.2) is 0 Å². The van der Waals surface area contributed by atoms with Gasteiger partial charge in [0.1, 0.15) is 0 Å². The van der Waals surface area contributed by atoms with Gasteiger partial charge >= 0.3 is 0 Å². The summed E-state index contributed by atoms with van der Waals surface area (Å²) < 4.78 is 2.48. The Labute approximate surface area is 359 Å². The van der Waals surface area contributed by atoms with Crippen LogP contribution >= 0.6 is 0 Å². The highest BCUT2D eigenvalue weighted by Crippen LogP contribution is 2.15. The Morgan fingerprint density at radius 1 is 0.281 bits per heavy atom. The second-order valence-corrected chi connectivity index (χ2v) is 19.0. The van der Waals surface area contributed by atoms with Crippen LogP contribution in [0.4, 0.5) is 0 Å². The van der Waals surface area contributed by atoms with E-state index in [4.69, 9.17) is 0 Å². The highest BCUT2D eigenvalue weighted by molar-refractivity contribution is 5.64. The van der Waals surface area contributed by atoms with Crippen molar-refractivity contribution in [1.82, 2.24) is 0 Å². The van der Waals surface area contributed by atoms with Crippen molar-refractivity contribution >= 4 is 11.9 Å². The van der Waals surface area contributed by atoms with Crippen molar-refractivity contribution in [2.75, 3.05) is 54.4 Å². The summed E-state index contributed by atoms with van der Waals surface area (Å²) >= 11 is 0. The Morgan fingerprint density at radius 3 is 0.614 bits per heavy atom. The van der Waals surface area contributed by atoms with E-state index in [2.05, 4.69) is 55.9 Å². The van der Waals surface area contributed by atoms with Crippen LogP contribution in [0.3, 0.4) is 0 Å². The third kappa shape index (κ3) is 59.3. The van der Waals surface area contributed by atoms with Gasteiger partial charge in [0.15, 0.2) is 0 Å². The number of rotatable bonds is 42. The quantitative estimate of drug-likeness (QED) is 0.0454. The van der Waals surface area contributed by atoms with Crippen LogP contribution < -0.4 is 10.2 Å². The molecule has 0 aliphatic heterocycles. The number of carboxylic acid groups (broad SMARTS) is 2. The average Bonchev–Trinajstić information content (AvgIpc) is 3.16. The second-order valence-electron chi connectivity index (χ2n) is 19.0. The summed E-state index contributed by atoms with van der Waals surface area (Å²) in [4.78, 5) is 19.7. The minimum absolute atomic E-state index is 0.00699. The smallest absolute Gasteiger partial charge is 0.0782 e. The van der Waals surface area contributed by atoms with E-state index in [0.29, 0.717) is 19.3 Å². The van der Waals surface area contributed by atoms with Crippen molar-refractivity contribution in [2.45, 2.75) is 265 Å². The molecule has 0 rings (SSSR count). The lowest BCUT2D eigenvalue weighted by Crippen LogP contribution is -2.41. The van der Waals surface area contributed by atoms with Crippen molar-refractivity contribution < 1.29 is 28.8 Å². The number of unbranched alkanes of at least 4 members (excludes halogenated alkanes) is 30. The molecule has 0 saturated carbocycles. The van der Waals surface area contributed by atoms with Gasteiger partial charge in [0.2, 0.25) is 0 Å². The summed E-state index contributed by atoms with van der Waals surface area (Å²) in [5.74, 6) is -2.17. The fraction of sp³-hybridized carbons (Fsp3) is 0.961. The molecule has 0 aromatic heterocycles. The van der Waals surface area contributed by atoms with Crippen molar-refractivity contribution in [3.05, 3.63) is 0 Å². The van der Waals surface area contributed by atoms with Crippen molar-refractivity contribution in [1.29, 1.82) is 0 Å². The fourth-order valence-corrected chi connectivity index (χ4v) is 7.63. The summed E-state index contributed by atoms with van der Waals surface area (Å²) in [6, 6.07) is 0. The molecule has 0 heterocycles. The largest absolute Gasteiger partial charge is 0.550 e. The lowest BCUT2D eigenvalue weighted by molar-refractivity contribution is -0.890. The molecule has 0 aromatic carbocycles. The first-order chi connectivity index (χ1) is 27.4. The molecule has 0 amide bonds. The van der Waals surface area contributed by atoms with Crippen LogP contribution in [-0.4, -0.2) is 75.3 Å². The monoisotopic (exact) mass is 811 g/mol. The van der Waals surface area contributed by atoms with Crippen molar-refractivity contribution in [2.24, 2.45) is 0 Å². The summed E-state index contributed by atoms with van der Waals surface area (Å²) in [7, 11) is 9.73. The first kappa shape index (κ1) is 60.2. The number of carbonyl (C=O) groups is 2. The Morgan fingerprint density at radius 2 is 0.439 bits per heavy atom. The first-order valence-corrected chi connectivity index (χ1v) is 25.4. The van der Waals surface area contributed by atoms with E-state index in [9.17, 15) is 19.8 Å². The highest BCUT2D eigenvalue weighted by atomic mass is 16.4. The molecule has 0 N–H and O–H groups in total. The van der Waals surface area contributed by atoms with E-state index in [-0.39, 0.29) is 12.8 Å². The number of hydrogen-bond donors (Lipinski definition) is 0. The molecule has 57 heavy (non-hydrogen) atoms. The Hall–Kier alpha value is -1.14. The van der Waals surface area contributed by atoms with Gasteiger partial charge in [-0.1, -0.05) is 188 Å². The summed E-state index contributed by atoms with van der Waals surface area (Å²) in [5.41, 5.74) is 0. The zero-order chi connectivity index (χ0) is 43.1. The van der Waals surface area contributed by atoms with Crippen LogP contribution in [0.2, 0.25) is 0 Å². The third-order valence-corrected chi connectivity index (χ3v) is 11.7. The number of carbonyl (C=O) groups excluding carboxylic acids is 2. The van der Waals surface area contributed by atoms with Gasteiger partial charge in [-0.25, -0.2) is 0 Å². The van der Waals surface area contributed by atoms with E-state index in [1.165, 1.54) is 241 Å². The molecule has 0 aromatic rings. The molecule has 0 fully saturated rings. The standard InChI is InChI=1S/2C22H48N.C7H12O4/c2*1-5-7-9-11-13-15-17-19-21-23(3,4)22-20-18-16-14-12-10-8-6-2;8-6(9)4-2-1-3-5-7(10)11/h2*5-22H2,1-4H3;1-5H2,(H,8,9)(H,10,11)/q2*+1;/p-2. The van der Waals surface area contributed by atoms with E-state index in [1.807, 2.05) is 0 Å². The second kappa shape index (κ2) is 47.5. The molecule has 0 bridgehead atoms. The predicted molar refractivity (Wildman–Crippen MR) is 247 cm³/mol. The van der Waals surface area contributed by atoms with Gasteiger partial charge in [0.25, 0.3) is 0 Å². The van der Waals surface area contributed by atoms with E-state index < -0.39 is 11.9 Å². The molecule has 0 aliphatic rings. The molecular formula is C51H106N2O4. The summed E-state index contributed by atoms with van der Waals surface area (Å²) in [6.45, 7) is 14.7. The van der Waals surface area contributed by atoms with Gasteiger partial charge in [-0.3, -0.25) is 0 Å². The SMILES string of the molecule is CCCCCCCCCC[N+](C)(C)CCCCCCCCCC.CCCCCCCCCC[N+](C)(C)CCCCCCCCCC.O=C([O-])CCCCCC(=O)[O-]. The zero-order valence-corrected chi connectivity index (χ0v) is 40.5. The van der Waals surface area contributed by atoms with Gasteiger partial charge in [-0.05, 0) is 77.0 Å². The van der Waals surface area contributed by atoms with E-state index in [0.717, 1.165) is 0 Å². The molecular weight excluding hydrogens is 705 g/mol. The Kier molecular flexibility index (Phi) is 50.2. The number of hydrogen-bond acceptors (Lipinski definition) is 4. The van der Waals surface area contributed by atoms with Crippen LogP contribution in [-0.2, 0) is 9.59 Å². The van der Waals surface area contributed by atoms with Gasteiger partial charge < -0.3 is 28.8 Å². The molecule has 6 heteroatoms. The maximum absolute atomic E-state index is 9.86. The maximum atomic E-state index is 9.86. The topological polar surface area (TPSA) is 80.3 Å². The minimum atomic E-state index is -1.08. The number of carboxylic acids is 2. The molecule has 0 radical (unpaired) electrons. The van der Waals surface area contributed by atoms with Crippen LogP contribution in [0.1, 0.15) is 265 Å². The molecule has 6 nitrogen and oxygen atoms in total. The molecule has 0 saturated heterocycles. The van der Waals surface area contributed by atoms with Crippen LogP contribution in [0.25, 0.3) is 0 Å². The summed E-state index contributed by atoms with van der Waals surface area (Å²) in [5, 5.41) is 19.7. The molecule has 344 valence electrons. The highest BCUT2D eigenvalue weighted by Gasteiger charge is 2.14. The minimum Gasteiger partial charge on any atom is -0.550 e. The normalized spacial score (nSPS) is 11.5. The lowest BCUT2D eigenvalue weighted by Gasteiger charge is -2.30. The molecule has 0 spiro atoms. The van der Waals surface area contributed by atoms with Crippen molar-refractivity contribution in [3.63, 3.8) is 0 Å². The number of aliphatic carboxylic acids is 2. The predicted octanol–water partition coefficient (Wildman–Crippen LogP) is 13.1. The van der Waals surface area contributed by atoms with E-state index in [1.54, 1.807) is 0 Å². The fourth-order valence-electron chi connectivity index (χ4n) is 7.63. The van der Waals surface area contributed by atoms with Crippen LogP contribution in [0.5, 0.6) is 0 Å². The average molecular weight is 811 g/mol.